The summed E-state index contributed by atoms with van der Waals surface area (Å²) in [6, 6.07) is 7.19. The van der Waals surface area contributed by atoms with E-state index in [9.17, 15) is 0 Å². The molecule has 0 atom stereocenters. The lowest BCUT2D eigenvalue weighted by molar-refractivity contribution is 0.396. The number of benzene rings is 1. The highest BCUT2D eigenvalue weighted by Gasteiger charge is 2.20. The summed E-state index contributed by atoms with van der Waals surface area (Å²) in [7, 11) is 5.92. The van der Waals surface area contributed by atoms with E-state index in [4.69, 9.17) is 4.74 Å². The van der Waals surface area contributed by atoms with Crippen molar-refractivity contribution in [3.63, 3.8) is 0 Å². The van der Waals surface area contributed by atoms with Gasteiger partial charge in [-0.05, 0) is 44.6 Å². The number of ether oxygens (including phenoxy) is 1. The Labute approximate surface area is 104 Å². The minimum atomic E-state index is 0.734. The molecule has 0 spiro atoms. The van der Waals surface area contributed by atoms with E-state index in [0.29, 0.717) is 0 Å². The van der Waals surface area contributed by atoms with E-state index in [1.807, 2.05) is 0 Å². The van der Waals surface area contributed by atoms with Crippen LogP contribution in [0.25, 0.3) is 0 Å². The minimum absolute atomic E-state index is 0.734. The van der Waals surface area contributed by atoms with Gasteiger partial charge in [0.2, 0.25) is 0 Å². The molecule has 1 fully saturated rings. The molecule has 3 nitrogen and oxygen atoms in total. The van der Waals surface area contributed by atoms with Crippen LogP contribution in [-0.2, 0) is 13.1 Å². The lowest BCUT2D eigenvalue weighted by Gasteiger charge is -2.14. The molecule has 1 aliphatic carbocycles. The fourth-order valence-electron chi connectivity index (χ4n) is 1.98. The third-order valence-electron chi connectivity index (χ3n) is 3.00. The van der Waals surface area contributed by atoms with Crippen LogP contribution in [0.1, 0.15) is 24.0 Å². The molecule has 1 N–H and O–H groups in total. The zero-order valence-electron chi connectivity index (χ0n) is 11.0. The molecule has 0 amide bonds. The minimum Gasteiger partial charge on any atom is -0.496 e. The second-order valence-corrected chi connectivity index (χ2v) is 5.04. The van der Waals surface area contributed by atoms with Gasteiger partial charge in [0.1, 0.15) is 5.75 Å². The first-order valence-electron chi connectivity index (χ1n) is 6.23. The number of nitrogens with zero attached hydrogens (tertiary/aromatic N) is 1. The lowest BCUT2D eigenvalue weighted by Crippen LogP contribution is -2.16. The van der Waals surface area contributed by atoms with Gasteiger partial charge in [0.05, 0.1) is 7.11 Å². The average molecular weight is 234 g/mol. The molecule has 0 aromatic heterocycles. The monoisotopic (exact) mass is 234 g/mol. The van der Waals surface area contributed by atoms with Crippen molar-refractivity contribution in [3.8, 4) is 5.75 Å². The van der Waals surface area contributed by atoms with Crippen LogP contribution in [0, 0.1) is 0 Å². The van der Waals surface area contributed by atoms with Crippen molar-refractivity contribution >= 4 is 0 Å². The van der Waals surface area contributed by atoms with Gasteiger partial charge in [-0.2, -0.15) is 0 Å². The smallest absolute Gasteiger partial charge is 0.123 e. The van der Waals surface area contributed by atoms with E-state index in [0.717, 1.165) is 24.9 Å². The van der Waals surface area contributed by atoms with Crippen molar-refractivity contribution in [1.82, 2.24) is 10.2 Å². The van der Waals surface area contributed by atoms with E-state index in [1.165, 1.54) is 24.0 Å². The molecule has 94 valence electrons. The Morgan fingerprint density at radius 2 is 2.12 bits per heavy atom. The SMILES string of the molecule is COc1ccc(CN(C)C)cc1CNC1CC1. The molecule has 0 unspecified atom stereocenters. The van der Waals surface area contributed by atoms with Crippen LogP contribution in [0.15, 0.2) is 18.2 Å². The molecule has 0 bridgehead atoms. The molecule has 17 heavy (non-hydrogen) atoms. The number of nitrogens with one attached hydrogen (secondary N) is 1. The molecule has 3 heteroatoms. The summed E-state index contributed by atoms with van der Waals surface area (Å²) in [5, 5.41) is 3.53. The fraction of sp³-hybridized carbons (Fsp3) is 0.571. The highest BCUT2D eigenvalue weighted by molar-refractivity contribution is 5.37. The van der Waals surface area contributed by atoms with Gasteiger partial charge in [0.15, 0.2) is 0 Å². The maximum atomic E-state index is 5.40. The van der Waals surface area contributed by atoms with E-state index in [-0.39, 0.29) is 0 Å². The molecule has 0 saturated heterocycles. The average Bonchev–Trinajstić information content (AvgIpc) is 3.09. The maximum Gasteiger partial charge on any atom is 0.123 e. The van der Waals surface area contributed by atoms with Gasteiger partial charge < -0.3 is 15.0 Å². The predicted molar refractivity (Wildman–Crippen MR) is 70.2 cm³/mol. The Bertz CT molecular complexity index is 372. The molecule has 2 rings (SSSR count). The number of hydrogen-bond acceptors (Lipinski definition) is 3. The molecule has 0 heterocycles. The number of rotatable bonds is 6. The van der Waals surface area contributed by atoms with E-state index in [2.05, 4.69) is 42.5 Å². The molecule has 1 aromatic carbocycles. The summed E-state index contributed by atoms with van der Waals surface area (Å²) in [6.45, 7) is 1.88. The van der Waals surface area contributed by atoms with Gasteiger partial charge in [-0.25, -0.2) is 0 Å². The Kier molecular flexibility index (Phi) is 4.02. The second kappa shape index (κ2) is 5.52. The largest absolute Gasteiger partial charge is 0.496 e. The Morgan fingerprint density at radius 3 is 2.71 bits per heavy atom. The molecule has 1 saturated carbocycles. The topological polar surface area (TPSA) is 24.5 Å². The Hall–Kier alpha value is -1.06. The third kappa shape index (κ3) is 3.72. The summed E-state index contributed by atoms with van der Waals surface area (Å²) >= 11 is 0. The highest BCUT2D eigenvalue weighted by atomic mass is 16.5. The first kappa shape index (κ1) is 12.4. The molecule has 0 aliphatic heterocycles. The maximum absolute atomic E-state index is 5.40. The van der Waals surface area contributed by atoms with Crippen LogP contribution >= 0.6 is 0 Å². The first-order chi connectivity index (χ1) is 8.19. The first-order valence-corrected chi connectivity index (χ1v) is 6.23. The van der Waals surface area contributed by atoms with Crippen molar-refractivity contribution in [1.29, 1.82) is 0 Å². The predicted octanol–water partition coefficient (Wildman–Crippen LogP) is 2.01. The van der Waals surface area contributed by atoms with Crippen LogP contribution in [0.5, 0.6) is 5.75 Å². The number of hydrogen-bond donors (Lipinski definition) is 1. The van der Waals surface area contributed by atoms with Crippen molar-refractivity contribution in [2.75, 3.05) is 21.2 Å². The lowest BCUT2D eigenvalue weighted by atomic mass is 10.1. The van der Waals surface area contributed by atoms with Gasteiger partial charge in [0, 0.05) is 24.7 Å². The van der Waals surface area contributed by atoms with Gasteiger partial charge in [-0.1, -0.05) is 6.07 Å². The van der Waals surface area contributed by atoms with Crippen LogP contribution in [0.2, 0.25) is 0 Å². The Morgan fingerprint density at radius 1 is 1.35 bits per heavy atom. The second-order valence-electron chi connectivity index (χ2n) is 5.04. The molecular formula is C14H22N2O. The van der Waals surface area contributed by atoms with Crippen molar-refractivity contribution in [3.05, 3.63) is 29.3 Å². The summed E-state index contributed by atoms with van der Waals surface area (Å²) in [4.78, 5) is 2.18. The number of methoxy groups -OCH3 is 1. The molecule has 0 radical (unpaired) electrons. The molecular weight excluding hydrogens is 212 g/mol. The van der Waals surface area contributed by atoms with Gasteiger partial charge >= 0.3 is 0 Å². The third-order valence-corrected chi connectivity index (χ3v) is 3.00. The van der Waals surface area contributed by atoms with Crippen LogP contribution in [0.3, 0.4) is 0 Å². The summed E-state index contributed by atoms with van der Waals surface area (Å²) in [5.41, 5.74) is 2.60. The summed E-state index contributed by atoms with van der Waals surface area (Å²) in [6.07, 6.45) is 2.64. The molecule has 1 aromatic rings. The van der Waals surface area contributed by atoms with E-state index < -0.39 is 0 Å². The zero-order chi connectivity index (χ0) is 12.3. The van der Waals surface area contributed by atoms with Crippen LogP contribution in [-0.4, -0.2) is 32.1 Å². The zero-order valence-corrected chi connectivity index (χ0v) is 11.0. The Balaban J connectivity index is 2.07. The van der Waals surface area contributed by atoms with Crippen molar-refractivity contribution < 1.29 is 4.74 Å². The summed E-state index contributed by atoms with van der Waals surface area (Å²) < 4.78 is 5.40. The molecule has 1 aliphatic rings. The van der Waals surface area contributed by atoms with Crippen molar-refractivity contribution in [2.45, 2.75) is 32.0 Å². The highest BCUT2D eigenvalue weighted by Crippen LogP contribution is 2.23. The van der Waals surface area contributed by atoms with Crippen LogP contribution < -0.4 is 10.1 Å². The summed E-state index contributed by atoms with van der Waals surface area (Å²) in [5.74, 6) is 0.987. The van der Waals surface area contributed by atoms with Gasteiger partial charge in [-0.3, -0.25) is 0 Å². The van der Waals surface area contributed by atoms with Gasteiger partial charge in [0.25, 0.3) is 0 Å². The van der Waals surface area contributed by atoms with E-state index >= 15 is 0 Å². The normalized spacial score (nSPS) is 15.3. The quantitative estimate of drug-likeness (QED) is 0.815. The van der Waals surface area contributed by atoms with Crippen LogP contribution in [0.4, 0.5) is 0 Å². The van der Waals surface area contributed by atoms with Gasteiger partial charge in [-0.15, -0.1) is 0 Å². The van der Waals surface area contributed by atoms with E-state index in [1.54, 1.807) is 7.11 Å². The standard InChI is InChI=1S/C14H22N2O/c1-16(2)10-11-4-7-14(17-3)12(8-11)9-15-13-5-6-13/h4,7-8,13,15H,5-6,9-10H2,1-3H3. The fourth-order valence-corrected chi connectivity index (χ4v) is 1.98. The van der Waals surface area contributed by atoms with Crippen molar-refractivity contribution in [2.24, 2.45) is 0 Å².